The summed E-state index contributed by atoms with van der Waals surface area (Å²) < 4.78 is 0. The first-order valence-electron chi connectivity index (χ1n) is 7.46. The fraction of sp³-hybridized carbons (Fsp3) is 0.467. The number of amides is 3. The molecule has 0 aromatic heterocycles. The van der Waals surface area contributed by atoms with Crippen molar-refractivity contribution in [3.05, 3.63) is 28.8 Å². The second kappa shape index (κ2) is 6.14. The maximum atomic E-state index is 12.6. The van der Waals surface area contributed by atoms with Gasteiger partial charge in [-0.05, 0) is 31.0 Å². The number of nitrogens with two attached hydrogens (primary N) is 1. The summed E-state index contributed by atoms with van der Waals surface area (Å²) in [5.74, 6) is -0.0376. The number of carbonyl (C=O) groups excluding carboxylic acids is 2. The highest BCUT2D eigenvalue weighted by Crippen LogP contribution is 2.29. The smallest absolute Gasteiger partial charge is 0.322 e. The van der Waals surface area contributed by atoms with Crippen molar-refractivity contribution in [2.75, 3.05) is 31.1 Å². The normalized spacial score (nSPS) is 19.5. The monoisotopic (exact) mass is 322 g/mol. The molecule has 0 unspecified atom stereocenters. The molecule has 2 aliphatic heterocycles. The summed E-state index contributed by atoms with van der Waals surface area (Å²) in [6, 6.07) is 5.07. The Morgan fingerprint density at radius 2 is 2.00 bits per heavy atom. The predicted molar refractivity (Wildman–Crippen MR) is 85.3 cm³/mol. The van der Waals surface area contributed by atoms with Crippen LogP contribution in [0, 0.1) is 0 Å². The Morgan fingerprint density at radius 3 is 2.64 bits per heavy atom. The molecular formula is C15H19ClN4O2. The third kappa shape index (κ3) is 2.89. The van der Waals surface area contributed by atoms with E-state index in [0.29, 0.717) is 42.5 Å². The largest absolute Gasteiger partial charge is 0.339 e. The molecule has 0 bridgehead atoms. The number of carbonyl (C=O) groups is 2. The Labute approximate surface area is 134 Å². The molecule has 3 amide bonds. The van der Waals surface area contributed by atoms with E-state index in [1.807, 2.05) is 0 Å². The summed E-state index contributed by atoms with van der Waals surface area (Å²) >= 11 is 6.19. The van der Waals surface area contributed by atoms with Crippen LogP contribution in [0.25, 0.3) is 0 Å². The molecule has 118 valence electrons. The van der Waals surface area contributed by atoms with Crippen molar-refractivity contribution in [1.82, 2.24) is 10.2 Å². The summed E-state index contributed by atoms with van der Waals surface area (Å²) in [6.45, 7) is 2.47. The van der Waals surface area contributed by atoms with Crippen LogP contribution >= 0.6 is 11.6 Å². The highest BCUT2D eigenvalue weighted by atomic mass is 35.5. The van der Waals surface area contributed by atoms with Gasteiger partial charge in [-0.25, -0.2) is 4.79 Å². The standard InChI is InChI=1S/C15H19ClN4O2/c16-12-2-1-10(9-13(12)20-8-5-18-15(20)22)14(21)19-6-3-11(17)4-7-19/h1-2,9,11H,3-8,17H2,(H,18,22). The summed E-state index contributed by atoms with van der Waals surface area (Å²) in [4.78, 5) is 27.7. The number of anilines is 1. The van der Waals surface area contributed by atoms with E-state index in [1.165, 1.54) is 0 Å². The van der Waals surface area contributed by atoms with Gasteiger partial charge in [0.15, 0.2) is 0 Å². The van der Waals surface area contributed by atoms with Crippen LogP contribution in [0.1, 0.15) is 23.2 Å². The van der Waals surface area contributed by atoms with Gasteiger partial charge >= 0.3 is 6.03 Å². The Morgan fingerprint density at radius 1 is 1.27 bits per heavy atom. The van der Waals surface area contributed by atoms with Crippen LogP contribution < -0.4 is 16.0 Å². The van der Waals surface area contributed by atoms with Crippen molar-refractivity contribution in [2.24, 2.45) is 5.73 Å². The van der Waals surface area contributed by atoms with Crippen LogP contribution in [0.5, 0.6) is 0 Å². The van der Waals surface area contributed by atoms with Crippen molar-refractivity contribution in [3.8, 4) is 0 Å². The van der Waals surface area contributed by atoms with Crippen LogP contribution in [-0.4, -0.2) is 49.1 Å². The van der Waals surface area contributed by atoms with Gasteiger partial charge in [0.1, 0.15) is 0 Å². The number of benzene rings is 1. The minimum absolute atomic E-state index is 0.0376. The molecule has 2 heterocycles. The van der Waals surface area contributed by atoms with Gasteiger partial charge in [0.25, 0.3) is 5.91 Å². The van der Waals surface area contributed by atoms with E-state index in [1.54, 1.807) is 28.0 Å². The van der Waals surface area contributed by atoms with E-state index in [4.69, 9.17) is 17.3 Å². The van der Waals surface area contributed by atoms with Gasteiger partial charge in [0.2, 0.25) is 0 Å². The van der Waals surface area contributed by atoms with Crippen LogP contribution in [-0.2, 0) is 0 Å². The lowest BCUT2D eigenvalue weighted by Gasteiger charge is -2.30. The second-order valence-corrected chi connectivity index (χ2v) is 6.09. The number of likely N-dealkylation sites (tertiary alicyclic amines) is 1. The van der Waals surface area contributed by atoms with E-state index in [9.17, 15) is 9.59 Å². The maximum absolute atomic E-state index is 12.6. The highest BCUT2D eigenvalue weighted by molar-refractivity contribution is 6.34. The molecule has 0 radical (unpaired) electrons. The molecule has 0 atom stereocenters. The first-order chi connectivity index (χ1) is 10.6. The number of hydrogen-bond acceptors (Lipinski definition) is 3. The zero-order chi connectivity index (χ0) is 15.7. The highest BCUT2D eigenvalue weighted by Gasteiger charge is 2.26. The number of nitrogens with one attached hydrogen (secondary N) is 1. The van der Waals surface area contributed by atoms with Crippen molar-refractivity contribution in [1.29, 1.82) is 0 Å². The van der Waals surface area contributed by atoms with Gasteiger partial charge < -0.3 is 16.0 Å². The molecule has 2 saturated heterocycles. The lowest BCUT2D eigenvalue weighted by atomic mass is 10.0. The fourth-order valence-corrected chi connectivity index (χ4v) is 3.06. The molecule has 6 nitrogen and oxygen atoms in total. The fourth-order valence-electron chi connectivity index (χ4n) is 2.84. The number of rotatable bonds is 2. The molecule has 7 heteroatoms. The number of piperidine rings is 1. The van der Waals surface area contributed by atoms with Gasteiger partial charge in [-0.2, -0.15) is 0 Å². The first-order valence-corrected chi connectivity index (χ1v) is 7.84. The van der Waals surface area contributed by atoms with Crippen LogP contribution in [0.3, 0.4) is 0 Å². The minimum atomic E-state index is -0.185. The molecule has 0 saturated carbocycles. The summed E-state index contributed by atoms with van der Waals surface area (Å²) in [5, 5.41) is 3.20. The summed E-state index contributed by atoms with van der Waals surface area (Å²) in [5.41, 5.74) is 7.00. The predicted octanol–water partition coefficient (Wildman–Crippen LogP) is 1.43. The molecule has 1 aromatic carbocycles. The maximum Gasteiger partial charge on any atom is 0.322 e. The number of hydrogen-bond donors (Lipinski definition) is 2. The zero-order valence-corrected chi connectivity index (χ0v) is 13.0. The molecule has 3 N–H and O–H groups in total. The third-order valence-corrected chi connectivity index (χ3v) is 4.49. The molecular weight excluding hydrogens is 304 g/mol. The average Bonchev–Trinajstić information content (AvgIpc) is 2.94. The summed E-state index contributed by atoms with van der Waals surface area (Å²) in [6.07, 6.45) is 1.64. The molecule has 22 heavy (non-hydrogen) atoms. The number of nitrogens with zero attached hydrogens (tertiary/aromatic N) is 2. The van der Waals surface area contributed by atoms with E-state index in [-0.39, 0.29) is 18.0 Å². The average molecular weight is 323 g/mol. The van der Waals surface area contributed by atoms with Crippen LogP contribution in [0.15, 0.2) is 18.2 Å². The van der Waals surface area contributed by atoms with Gasteiger partial charge in [0.05, 0.1) is 10.7 Å². The Kier molecular flexibility index (Phi) is 4.22. The molecule has 3 rings (SSSR count). The van der Waals surface area contributed by atoms with E-state index in [0.717, 1.165) is 12.8 Å². The quantitative estimate of drug-likeness (QED) is 0.864. The van der Waals surface area contributed by atoms with Crippen molar-refractivity contribution < 1.29 is 9.59 Å². The van der Waals surface area contributed by atoms with Gasteiger partial charge in [-0.15, -0.1) is 0 Å². The summed E-state index contributed by atoms with van der Waals surface area (Å²) in [7, 11) is 0. The topological polar surface area (TPSA) is 78.7 Å². The van der Waals surface area contributed by atoms with Gasteiger partial charge in [0, 0.05) is 37.8 Å². The van der Waals surface area contributed by atoms with Crippen molar-refractivity contribution in [2.45, 2.75) is 18.9 Å². The molecule has 2 fully saturated rings. The van der Waals surface area contributed by atoms with E-state index in [2.05, 4.69) is 5.32 Å². The molecule has 1 aromatic rings. The zero-order valence-electron chi connectivity index (χ0n) is 12.2. The first kappa shape index (κ1) is 15.1. The molecule has 0 spiro atoms. The van der Waals surface area contributed by atoms with Crippen LogP contribution in [0.2, 0.25) is 5.02 Å². The SMILES string of the molecule is NC1CCN(C(=O)c2ccc(Cl)c(N3CCNC3=O)c2)CC1. The van der Waals surface area contributed by atoms with Crippen molar-refractivity contribution >= 4 is 29.2 Å². The van der Waals surface area contributed by atoms with Crippen LogP contribution in [0.4, 0.5) is 10.5 Å². The Bertz CT molecular complexity index is 599. The Hall–Kier alpha value is -1.79. The van der Waals surface area contributed by atoms with E-state index < -0.39 is 0 Å². The van der Waals surface area contributed by atoms with Gasteiger partial charge in [-0.3, -0.25) is 9.69 Å². The lowest BCUT2D eigenvalue weighted by molar-refractivity contribution is 0.0714. The lowest BCUT2D eigenvalue weighted by Crippen LogP contribution is -2.42. The molecule has 0 aliphatic carbocycles. The van der Waals surface area contributed by atoms with Gasteiger partial charge in [-0.1, -0.05) is 11.6 Å². The Balaban J connectivity index is 1.82. The molecule has 2 aliphatic rings. The van der Waals surface area contributed by atoms with Crippen molar-refractivity contribution in [3.63, 3.8) is 0 Å². The minimum Gasteiger partial charge on any atom is -0.339 e. The number of urea groups is 1. The second-order valence-electron chi connectivity index (χ2n) is 5.68. The van der Waals surface area contributed by atoms with E-state index >= 15 is 0 Å². The number of halogens is 1. The third-order valence-electron chi connectivity index (χ3n) is 4.17.